The third kappa shape index (κ3) is 2.59. The lowest BCUT2D eigenvalue weighted by Gasteiger charge is -2.09. The van der Waals surface area contributed by atoms with Crippen LogP contribution in [0.3, 0.4) is 0 Å². The molecule has 0 bridgehead atoms. The molecule has 0 fully saturated rings. The predicted octanol–water partition coefficient (Wildman–Crippen LogP) is 2.89. The Labute approximate surface area is 107 Å². The van der Waals surface area contributed by atoms with Crippen molar-refractivity contribution in [1.82, 2.24) is 9.97 Å². The van der Waals surface area contributed by atoms with Gasteiger partial charge in [-0.3, -0.25) is 4.98 Å². The lowest BCUT2D eigenvalue weighted by atomic mass is 10.1. The second-order valence-electron chi connectivity index (χ2n) is 4.00. The maximum Gasteiger partial charge on any atom is 0.145 e. The van der Waals surface area contributed by atoms with Crippen LogP contribution < -0.4 is 10.1 Å². The molecule has 0 aliphatic rings. The lowest BCUT2D eigenvalue weighted by molar-refractivity contribution is 0.414. The number of nitrogens with zero attached hydrogens (tertiary/aromatic N) is 2. The summed E-state index contributed by atoms with van der Waals surface area (Å²) in [5.74, 6) is 1.65. The fourth-order valence-electron chi connectivity index (χ4n) is 1.81. The van der Waals surface area contributed by atoms with Crippen LogP contribution in [-0.4, -0.2) is 23.6 Å². The van der Waals surface area contributed by atoms with Crippen molar-refractivity contribution in [3.63, 3.8) is 0 Å². The molecule has 1 heterocycles. The molecule has 0 aliphatic carbocycles. The molecule has 0 aliphatic heterocycles. The van der Waals surface area contributed by atoms with Crippen LogP contribution in [0.5, 0.6) is 5.75 Å². The van der Waals surface area contributed by atoms with E-state index in [-0.39, 0.29) is 0 Å². The molecule has 0 amide bonds. The molecule has 2 aromatic rings. The summed E-state index contributed by atoms with van der Waals surface area (Å²) in [7, 11) is 1.67. The average molecular weight is 243 g/mol. The predicted molar refractivity (Wildman–Crippen MR) is 72.9 cm³/mol. The van der Waals surface area contributed by atoms with Crippen molar-refractivity contribution >= 4 is 5.82 Å². The minimum atomic E-state index is 0.796. The summed E-state index contributed by atoms with van der Waals surface area (Å²) in [4.78, 5) is 8.74. The molecule has 0 atom stereocenters. The molecule has 0 unspecified atom stereocenters. The van der Waals surface area contributed by atoms with Crippen LogP contribution in [0.25, 0.3) is 11.3 Å². The first-order valence-corrected chi connectivity index (χ1v) is 5.95. The molecule has 2 rings (SSSR count). The van der Waals surface area contributed by atoms with Gasteiger partial charge < -0.3 is 10.1 Å². The Kier molecular flexibility index (Phi) is 3.77. The van der Waals surface area contributed by atoms with E-state index in [1.54, 1.807) is 19.5 Å². The van der Waals surface area contributed by atoms with E-state index in [2.05, 4.69) is 15.3 Å². The minimum absolute atomic E-state index is 0.796. The highest BCUT2D eigenvalue weighted by molar-refractivity contribution is 5.65. The zero-order valence-electron chi connectivity index (χ0n) is 10.9. The molecular weight excluding hydrogens is 226 g/mol. The van der Waals surface area contributed by atoms with Gasteiger partial charge in [0.25, 0.3) is 0 Å². The largest absolute Gasteiger partial charge is 0.497 e. The third-order valence-electron chi connectivity index (χ3n) is 2.70. The molecule has 94 valence electrons. The summed E-state index contributed by atoms with van der Waals surface area (Å²) in [6.07, 6.45) is 3.50. The van der Waals surface area contributed by atoms with E-state index in [0.717, 1.165) is 34.9 Å². The smallest absolute Gasteiger partial charge is 0.145 e. The van der Waals surface area contributed by atoms with E-state index in [9.17, 15) is 0 Å². The Morgan fingerprint density at radius 2 is 2.11 bits per heavy atom. The Balaban J connectivity index is 2.38. The molecule has 1 aromatic heterocycles. The minimum Gasteiger partial charge on any atom is -0.497 e. The van der Waals surface area contributed by atoms with E-state index < -0.39 is 0 Å². The molecule has 18 heavy (non-hydrogen) atoms. The summed E-state index contributed by atoms with van der Waals surface area (Å²) in [5, 5.41) is 3.16. The molecule has 1 N–H and O–H groups in total. The molecular formula is C14H17N3O. The molecule has 0 radical (unpaired) electrons. The van der Waals surface area contributed by atoms with Gasteiger partial charge in [0.1, 0.15) is 11.6 Å². The van der Waals surface area contributed by atoms with Crippen LogP contribution in [-0.2, 0) is 0 Å². The average Bonchev–Trinajstić information content (AvgIpc) is 2.39. The first-order chi connectivity index (χ1) is 8.74. The monoisotopic (exact) mass is 243 g/mol. The number of anilines is 1. The topological polar surface area (TPSA) is 47.0 Å². The third-order valence-corrected chi connectivity index (χ3v) is 2.70. The van der Waals surface area contributed by atoms with Crippen LogP contribution in [0.15, 0.2) is 30.6 Å². The van der Waals surface area contributed by atoms with Crippen molar-refractivity contribution in [3.8, 4) is 17.0 Å². The fraction of sp³-hybridized carbons (Fsp3) is 0.286. The summed E-state index contributed by atoms with van der Waals surface area (Å²) in [5.41, 5.74) is 3.06. The maximum atomic E-state index is 5.20. The summed E-state index contributed by atoms with van der Waals surface area (Å²) in [6, 6.07) is 5.94. The Morgan fingerprint density at radius 1 is 1.28 bits per heavy atom. The molecule has 4 nitrogen and oxygen atoms in total. The van der Waals surface area contributed by atoms with E-state index in [0.29, 0.717) is 0 Å². The van der Waals surface area contributed by atoms with Crippen LogP contribution in [0, 0.1) is 6.92 Å². The van der Waals surface area contributed by atoms with Gasteiger partial charge in [0.2, 0.25) is 0 Å². The standard InChI is InChI=1S/C14H17N3O/c1-4-16-14-9-15-8-13(17-14)12-6-5-11(18-3)7-10(12)2/h5-9H,4H2,1-3H3,(H,16,17). The van der Waals surface area contributed by atoms with Gasteiger partial charge in [-0.15, -0.1) is 0 Å². The number of benzene rings is 1. The number of rotatable bonds is 4. The summed E-state index contributed by atoms with van der Waals surface area (Å²) >= 11 is 0. The lowest BCUT2D eigenvalue weighted by Crippen LogP contribution is -2.01. The normalized spacial score (nSPS) is 10.2. The molecule has 0 spiro atoms. The van der Waals surface area contributed by atoms with Crippen LogP contribution >= 0.6 is 0 Å². The molecule has 4 heteroatoms. The van der Waals surface area contributed by atoms with Gasteiger partial charge in [-0.25, -0.2) is 4.98 Å². The van der Waals surface area contributed by atoms with E-state index in [1.165, 1.54) is 0 Å². The van der Waals surface area contributed by atoms with Gasteiger partial charge in [-0.05, 0) is 37.6 Å². The number of aromatic nitrogens is 2. The Morgan fingerprint density at radius 3 is 2.78 bits per heavy atom. The van der Waals surface area contributed by atoms with Crippen molar-refractivity contribution in [2.24, 2.45) is 0 Å². The van der Waals surface area contributed by atoms with Gasteiger partial charge >= 0.3 is 0 Å². The highest BCUT2D eigenvalue weighted by atomic mass is 16.5. The van der Waals surface area contributed by atoms with Crippen molar-refractivity contribution in [2.75, 3.05) is 19.0 Å². The number of hydrogen-bond donors (Lipinski definition) is 1. The van der Waals surface area contributed by atoms with E-state index in [4.69, 9.17) is 4.74 Å². The second kappa shape index (κ2) is 5.49. The SMILES string of the molecule is CCNc1cncc(-c2ccc(OC)cc2C)n1. The maximum absolute atomic E-state index is 5.20. The van der Waals surface area contributed by atoms with E-state index >= 15 is 0 Å². The summed E-state index contributed by atoms with van der Waals surface area (Å²) < 4.78 is 5.20. The van der Waals surface area contributed by atoms with Gasteiger partial charge in [-0.2, -0.15) is 0 Å². The van der Waals surface area contributed by atoms with Gasteiger partial charge in [0.05, 0.1) is 25.2 Å². The first kappa shape index (κ1) is 12.4. The number of hydrogen-bond acceptors (Lipinski definition) is 4. The molecule has 1 aromatic carbocycles. The van der Waals surface area contributed by atoms with Gasteiger partial charge in [0, 0.05) is 12.1 Å². The Hall–Kier alpha value is -2.10. The highest BCUT2D eigenvalue weighted by Crippen LogP contribution is 2.25. The van der Waals surface area contributed by atoms with Crippen molar-refractivity contribution in [1.29, 1.82) is 0 Å². The number of ether oxygens (including phenoxy) is 1. The van der Waals surface area contributed by atoms with Crippen molar-refractivity contribution in [2.45, 2.75) is 13.8 Å². The molecule has 0 saturated carbocycles. The Bertz CT molecular complexity index is 540. The van der Waals surface area contributed by atoms with Crippen LogP contribution in [0.2, 0.25) is 0 Å². The zero-order valence-corrected chi connectivity index (χ0v) is 10.9. The highest BCUT2D eigenvalue weighted by Gasteiger charge is 2.06. The number of aryl methyl sites for hydroxylation is 1. The fourth-order valence-corrected chi connectivity index (χ4v) is 1.81. The van der Waals surface area contributed by atoms with Crippen molar-refractivity contribution < 1.29 is 4.74 Å². The van der Waals surface area contributed by atoms with Gasteiger partial charge in [0.15, 0.2) is 0 Å². The second-order valence-corrected chi connectivity index (χ2v) is 4.00. The van der Waals surface area contributed by atoms with E-state index in [1.807, 2.05) is 32.0 Å². The quantitative estimate of drug-likeness (QED) is 0.897. The van der Waals surface area contributed by atoms with Gasteiger partial charge in [-0.1, -0.05) is 0 Å². The first-order valence-electron chi connectivity index (χ1n) is 5.95. The van der Waals surface area contributed by atoms with Crippen molar-refractivity contribution in [3.05, 3.63) is 36.2 Å². The molecule has 0 saturated heterocycles. The summed E-state index contributed by atoms with van der Waals surface area (Å²) in [6.45, 7) is 4.91. The number of nitrogens with one attached hydrogen (secondary N) is 1. The van der Waals surface area contributed by atoms with Crippen LogP contribution in [0.1, 0.15) is 12.5 Å². The van der Waals surface area contributed by atoms with Crippen LogP contribution in [0.4, 0.5) is 5.82 Å². The number of methoxy groups -OCH3 is 1. The zero-order chi connectivity index (χ0) is 13.0.